The van der Waals surface area contributed by atoms with Crippen molar-refractivity contribution >= 4 is 5.97 Å². The van der Waals surface area contributed by atoms with Crippen molar-refractivity contribution in [3.8, 4) is 0 Å². The van der Waals surface area contributed by atoms with Crippen LogP contribution < -0.4 is 0 Å². The molecule has 88 valence electrons. The minimum Gasteiger partial charge on any atom is -0.455 e. The van der Waals surface area contributed by atoms with E-state index in [9.17, 15) is 4.79 Å². The van der Waals surface area contributed by atoms with Crippen molar-refractivity contribution in [2.24, 2.45) is 17.8 Å². The maximum Gasteiger partial charge on any atom is 0.333 e. The Morgan fingerprint density at radius 2 is 2.19 bits per heavy atom. The summed E-state index contributed by atoms with van der Waals surface area (Å²) in [4.78, 5) is 11.7. The molecule has 3 aliphatic carbocycles. The Morgan fingerprint density at radius 1 is 1.38 bits per heavy atom. The van der Waals surface area contributed by atoms with Gasteiger partial charge in [-0.15, -0.1) is 0 Å². The van der Waals surface area contributed by atoms with Crippen LogP contribution in [0.25, 0.3) is 0 Å². The molecular formula is C14H20O2. The third kappa shape index (κ3) is 1.28. The summed E-state index contributed by atoms with van der Waals surface area (Å²) in [5, 5.41) is 0. The Bertz CT molecular complexity index is 347. The quantitative estimate of drug-likeness (QED) is 0.528. The van der Waals surface area contributed by atoms with E-state index in [1.807, 2.05) is 0 Å². The molecule has 0 aromatic carbocycles. The largest absolute Gasteiger partial charge is 0.455 e. The number of esters is 1. The number of rotatable bonds is 2. The smallest absolute Gasteiger partial charge is 0.333 e. The Balaban J connectivity index is 1.82. The summed E-state index contributed by atoms with van der Waals surface area (Å²) in [5.74, 6) is 2.18. The second-order valence-electron chi connectivity index (χ2n) is 5.94. The molecule has 2 bridgehead atoms. The lowest BCUT2D eigenvalue weighted by atomic mass is 9.79. The zero-order chi connectivity index (χ0) is 11.3. The van der Waals surface area contributed by atoms with Crippen LogP contribution in [0, 0.1) is 17.8 Å². The third-order valence-corrected chi connectivity index (χ3v) is 5.04. The van der Waals surface area contributed by atoms with E-state index in [-0.39, 0.29) is 11.6 Å². The first kappa shape index (κ1) is 10.4. The molecule has 4 atom stereocenters. The monoisotopic (exact) mass is 220 g/mol. The van der Waals surface area contributed by atoms with Crippen molar-refractivity contribution < 1.29 is 9.53 Å². The minimum absolute atomic E-state index is 0.0954. The standard InChI is InChI=1S/C14H20O2/c1-9(2)13(15)16-14-7-6-10(8-14)11-4-3-5-12(11)14/h10-12H,1,3-8H2,2H3. The lowest BCUT2D eigenvalue weighted by Crippen LogP contribution is -2.39. The Labute approximate surface area is 97.1 Å². The minimum atomic E-state index is -0.173. The molecule has 2 nitrogen and oxygen atoms in total. The summed E-state index contributed by atoms with van der Waals surface area (Å²) in [5.41, 5.74) is 0.446. The zero-order valence-electron chi connectivity index (χ0n) is 10.00. The van der Waals surface area contributed by atoms with Gasteiger partial charge in [-0.05, 0) is 50.9 Å². The molecule has 3 saturated carbocycles. The molecule has 0 aromatic heterocycles. The predicted octanol–water partition coefficient (Wildman–Crippen LogP) is 3.07. The summed E-state index contributed by atoms with van der Waals surface area (Å²) in [7, 11) is 0. The van der Waals surface area contributed by atoms with E-state index in [4.69, 9.17) is 4.74 Å². The Hall–Kier alpha value is -0.790. The highest BCUT2D eigenvalue weighted by atomic mass is 16.6. The van der Waals surface area contributed by atoms with Gasteiger partial charge in [-0.2, -0.15) is 0 Å². The number of ether oxygens (including phenoxy) is 1. The van der Waals surface area contributed by atoms with Gasteiger partial charge in [0, 0.05) is 11.5 Å². The SMILES string of the molecule is C=C(C)C(=O)OC12CCC(C1)C1CCCC12. The molecule has 3 aliphatic rings. The number of carbonyl (C=O) groups excluding carboxylic acids is 1. The number of fused-ring (bicyclic) bond motifs is 5. The van der Waals surface area contributed by atoms with Crippen LogP contribution in [0.2, 0.25) is 0 Å². The van der Waals surface area contributed by atoms with E-state index in [1.54, 1.807) is 6.92 Å². The fraction of sp³-hybridized carbons (Fsp3) is 0.786. The van der Waals surface area contributed by atoms with Gasteiger partial charge in [-0.25, -0.2) is 4.79 Å². The average molecular weight is 220 g/mol. The van der Waals surface area contributed by atoms with Crippen LogP contribution in [0.1, 0.15) is 45.4 Å². The van der Waals surface area contributed by atoms with Gasteiger partial charge in [0.05, 0.1) is 0 Å². The topological polar surface area (TPSA) is 26.3 Å². The molecule has 3 rings (SSSR count). The first-order valence-corrected chi connectivity index (χ1v) is 6.51. The molecule has 3 fully saturated rings. The molecular weight excluding hydrogens is 200 g/mol. The van der Waals surface area contributed by atoms with E-state index >= 15 is 0 Å². The van der Waals surface area contributed by atoms with Crippen molar-refractivity contribution in [3.05, 3.63) is 12.2 Å². The van der Waals surface area contributed by atoms with Crippen LogP contribution in [0.3, 0.4) is 0 Å². The van der Waals surface area contributed by atoms with Gasteiger partial charge in [-0.1, -0.05) is 13.0 Å². The van der Waals surface area contributed by atoms with Crippen molar-refractivity contribution in [1.82, 2.24) is 0 Å². The van der Waals surface area contributed by atoms with Gasteiger partial charge in [-0.3, -0.25) is 0 Å². The number of hydrogen-bond acceptors (Lipinski definition) is 2. The van der Waals surface area contributed by atoms with Gasteiger partial charge < -0.3 is 4.74 Å². The lowest BCUT2D eigenvalue weighted by molar-refractivity contribution is -0.159. The molecule has 0 aliphatic heterocycles. The maximum atomic E-state index is 11.7. The molecule has 0 aromatic rings. The fourth-order valence-electron chi connectivity index (χ4n) is 4.43. The van der Waals surface area contributed by atoms with E-state index in [0.717, 1.165) is 24.7 Å². The van der Waals surface area contributed by atoms with Crippen molar-refractivity contribution in [2.45, 2.75) is 51.0 Å². The summed E-state index contributed by atoms with van der Waals surface area (Å²) < 4.78 is 5.83. The molecule has 16 heavy (non-hydrogen) atoms. The average Bonchev–Trinajstić information content (AvgIpc) is 2.87. The maximum absolute atomic E-state index is 11.7. The molecule has 0 amide bonds. The molecule has 2 heteroatoms. The number of hydrogen-bond donors (Lipinski definition) is 0. The van der Waals surface area contributed by atoms with Gasteiger partial charge in [0.2, 0.25) is 0 Å². The molecule has 0 N–H and O–H groups in total. The summed E-state index contributed by atoms with van der Waals surface area (Å²) in [6, 6.07) is 0. The lowest BCUT2D eigenvalue weighted by Gasteiger charge is -2.35. The summed E-state index contributed by atoms with van der Waals surface area (Å²) in [6.07, 6.45) is 7.45. The van der Waals surface area contributed by atoms with Crippen molar-refractivity contribution in [3.63, 3.8) is 0 Å². The van der Waals surface area contributed by atoms with E-state index < -0.39 is 0 Å². The van der Waals surface area contributed by atoms with E-state index in [1.165, 1.54) is 25.7 Å². The van der Waals surface area contributed by atoms with Crippen LogP contribution >= 0.6 is 0 Å². The Morgan fingerprint density at radius 3 is 2.94 bits per heavy atom. The molecule has 0 radical (unpaired) electrons. The summed E-state index contributed by atoms with van der Waals surface area (Å²) >= 11 is 0. The van der Waals surface area contributed by atoms with E-state index in [2.05, 4.69) is 6.58 Å². The zero-order valence-corrected chi connectivity index (χ0v) is 10.00. The van der Waals surface area contributed by atoms with Gasteiger partial charge in [0.25, 0.3) is 0 Å². The number of carbonyl (C=O) groups is 1. The third-order valence-electron chi connectivity index (χ3n) is 5.04. The van der Waals surface area contributed by atoms with Crippen molar-refractivity contribution in [2.75, 3.05) is 0 Å². The molecule has 0 saturated heterocycles. The normalized spacial score (nSPS) is 44.4. The summed E-state index contributed by atoms with van der Waals surface area (Å²) in [6.45, 7) is 5.43. The second kappa shape index (κ2) is 3.35. The highest BCUT2D eigenvalue weighted by Gasteiger charge is 2.61. The van der Waals surface area contributed by atoms with E-state index in [0.29, 0.717) is 11.5 Å². The van der Waals surface area contributed by atoms with Crippen LogP contribution in [0.15, 0.2) is 12.2 Å². The highest BCUT2D eigenvalue weighted by molar-refractivity contribution is 5.87. The van der Waals surface area contributed by atoms with Crippen LogP contribution in [0.5, 0.6) is 0 Å². The van der Waals surface area contributed by atoms with Gasteiger partial charge >= 0.3 is 5.97 Å². The Kier molecular flexibility index (Phi) is 2.17. The predicted molar refractivity (Wildman–Crippen MR) is 61.8 cm³/mol. The molecule has 4 unspecified atom stereocenters. The van der Waals surface area contributed by atoms with Crippen molar-refractivity contribution in [1.29, 1.82) is 0 Å². The van der Waals surface area contributed by atoms with Crippen LogP contribution in [-0.4, -0.2) is 11.6 Å². The first-order chi connectivity index (χ1) is 7.62. The fourth-order valence-corrected chi connectivity index (χ4v) is 4.43. The second-order valence-corrected chi connectivity index (χ2v) is 5.94. The first-order valence-electron chi connectivity index (χ1n) is 6.51. The molecule has 0 heterocycles. The molecule has 0 spiro atoms. The highest BCUT2D eigenvalue weighted by Crippen LogP contribution is 2.62. The van der Waals surface area contributed by atoms with Crippen LogP contribution in [-0.2, 0) is 9.53 Å². The van der Waals surface area contributed by atoms with Crippen LogP contribution in [0.4, 0.5) is 0 Å². The van der Waals surface area contributed by atoms with Gasteiger partial charge in [0.15, 0.2) is 0 Å². The van der Waals surface area contributed by atoms with Gasteiger partial charge in [0.1, 0.15) is 5.60 Å².